The average Bonchev–Trinajstić information content (AvgIpc) is 2.74. The van der Waals surface area contributed by atoms with Crippen LogP contribution in [0.2, 0.25) is 0 Å². The fraction of sp³-hybridized carbons (Fsp3) is 0.583. The summed E-state index contributed by atoms with van der Waals surface area (Å²) in [4.78, 5) is 21.1. The van der Waals surface area contributed by atoms with Crippen molar-refractivity contribution in [2.45, 2.75) is 59.0 Å². The average molecular weight is 398 g/mol. The highest BCUT2D eigenvalue weighted by Gasteiger charge is 2.24. The Balaban J connectivity index is 1.62. The molecule has 29 heavy (non-hydrogen) atoms. The second-order valence-electron chi connectivity index (χ2n) is 7.93. The normalized spacial score (nSPS) is 15.6. The molecule has 1 aliphatic rings. The fourth-order valence-corrected chi connectivity index (χ4v) is 4.07. The van der Waals surface area contributed by atoms with Gasteiger partial charge in [0.15, 0.2) is 0 Å². The lowest BCUT2D eigenvalue weighted by molar-refractivity contribution is -0.132. The largest absolute Gasteiger partial charge is 0.488 e. The molecule has 158 valence electrons. The quantitative estimate of drug-likeness (QED) is 0.633. The van der Waals surface area contributed by atoms with Gasteiger partial charge in [-0.2, -0.15) is 0 Å². The van der Waals surface area contributed by atoms with Gasteiger partial charge in [0.05, 0.1) is 6.54 Å². The summed E-state index contributed by atoms with van der Waals surface area (Å²) in [6.07, 6.45) is 7.35. The lowest BCUT2D eigenvalue weighted by Gasteiger charge is -2.33. The molecule has 0 N–H and O–H groups in total. The highest BCUT2D eigenvalue weighted by atomic mass is 16.5. The van der Waals surface area contributed by atoms with Crippen LogP contribution in [0.5, 0.6) is 5.75 Å². The number of hydrogen-bond acceptors (Lipinski definition) is 4. The number of benzene rings is 1. The van der Waals surface area contributed by atoms with Gasteiger partial charge in [0.2, 0.25) is 5.91 Å². The number of ether oxygens (including phenoxy) is 1. The van der Waals surface area contributed by atoms with Gasteiger partial charge in [-0.05, 0) is 63.3 Å². The van der Waals surface area contributed by atoms with Crippen molar-refractivity contribution in [2.24, 2.45) is 0 Å². The van der Waals surface area contributed by atoms with Crippen LogP contribution in [-0.4, -0.2) is 59.5 Å². The van der Waals surface area contributed by atoms with Crippen molar-refractivity contribution in [1.29, 1.82) is 0 Å². The third-order valence-electron chi connectivity index (χ3n) is 5.85. The molecule has 1 saturated heterocycles. The molecule has 1 aromatic heterocycles. The third-order valence-corrected chi connectivity index (χ3v) is 5.85. The van der Waals surface area contributed by atoms with Crippen LogP contribution in [0, 0.1) is 0 Å². The Bertz CT molecular complexity index is 796. The van der Waals surface area contributed by atoms with E-state index in [9.17, 15) is 4.79 Å². The maximum absolute atomic E-state index is 12.4. The van der Waals surface area contributed by atoms with Gasteiger partial charge in [0, 0.05) is 37.8 Å². The Kier molecular flexibility index (Phi) is 7.87. The van der Waals surface area contributed by atoms with Crippen molar-refractivity contribution >= 4 is 16.8 Å². The summed E-state index contributed by atoms with van der Waals surface area (Å²) < 4.78 is 6.45. The van der Waals surface area contributed by atoms with Crippen LogP contribution >= 0.6 is 0 Å². The summed E-state index contributed by atoms with van der Waals surface area (Å²) in [5.74, 6) is 1.14. The molecule has 3 rings (SSSR count). The molecule has 0 aliphatic carbocycles. The molecule has 5 heteroatoms. The Morgan fingerprint density at radius 1 is 1.21 bits per heavy atom. The first kappa shape index (κ1) is 21.6. The van der Waals surface area contributed by atoms with E-state index in [-0.39, 0.29) is 12.0 Å². The third kappa shape index (κ3) is 5.69. The summed E-state index contributed by atoms with van der Waals surface area (Å²) in [5.41, 5.74) is 2.27. The Hall–Kier alpha value is -2.14. The highest BCUT2D eigenvalue weighted by Crippen LogP contribution is 2.29. The van der Waals surface area contributed by atoms with Crippen molar-refractivity contribution in [1.82, 2.24) is 14.8 Å². The van der Waals surface area contributed by atoms with Crippen molar-refractivity contribution < 1.29 is 9.53 Å². The highest BCUT2D eigenvalue weighted by molar-refractivity contribution is 5.85. The van der Waals surface area contributed by atoms with E-state index in [2.05, 4.69) is 35.0 Å². The molecule has 2 heterocycles. The number of unbranched alkanes of at least 4 members (excludes halogenated alkanes) is 1. The molecule has 0 atom stereocenters. The van der Waals surface area contributed by atoms with E-state index in [1.54, 1.807) is 0 Å². The van der Waals surface area contributed by atoms with Crippen LogP contribution < -0.4 is 4.74 Å². The number of aryl methyl sites for hydroxylation is 1. The van der Waals surface area contributed by atoms with Gasteiger partial charge in [-0.15, -0.1) is 0 Å². The van der Waals surface area contributed by atoms with Crippen LogP contribution in [0.1, 0.15) is 52.0 Å². The number of aromatic nitrogens is 1. The SMILES string of the molecule is CCCCc1cc(OC2CCN(CC(=O)N(CC)CC)CC2)c2ncccc2c1. The molecule has 1 amide bonds. The standard InChI is InChI=1S/C24H35N3O2/c1-4-7-9-19-16-20-10-8-13-25-24(20)22(17-19)29-21-11-14-26(15-12-21)18-23(28)27(5-2)6-3/h8,10,13,16-17,21H,4-7,9,11-12,14-15,18H2,1-3H3. The van der Waals surface area contributed by atoms with E-state index >= 15 is 0 Å². The van der Waals surface area contributed by atoms with Gasteiger partial charge in [-0.1, -0.05) is 19.4 Å². The summed E-state index contributed by atoms with van der Waals surface area (Å²) in [5, 5.41) is 1.15. The minimum Gasteiger partial charge on any atom is -0.488 e. The minimum absolute atomic E-state index is 0.182. The van der Waals surface area contributed by atoms with Crippen molar-refractivity contribution in [2.75, 3.05) is 32.7 Å². The van der Waals surface area contributed by atoms with E-state index in [0.717, 1.165) is 62.1 Å². The van der Waals surface area contributed by atoms with Gasteiger partial charge in [0.1, 0.15) is 17.4 Å². The van der Waals surface area contributed by atoms with Crippen molar-refractivity contribution in [3.63, 3.8) is 0 Å². The van der Waals surface area contributed by atoms with Crippen LogP contribution in [0.25, 0.3) is 10.9 Å². The van der Waals surface area contributed by atoms with E-state index in [1.807, 2.05) is 31.0 Å². The maximum atomic E-state index is 12.4. The zero-order chi connectivity index (χ0) is 20.6. The van der Waals surface area contributed by atoms with Crippen LogP contribution in [0.15, 0.2) is 30.5 Å². The number of hydrogen-bond donors (Lipinski definition) is 0. The lowest BCUT2D eigenvalue weighted by Crippen LogP contribution is -2.45. The number of likely N-dealkylation sites (tertiary alicyclic amines) is 1. The Morgan fingerprint density at radius 2 is 1.97 bits per heavy atom. The van der Waals surface area contributed by atoms with Gasteiger partial charge in [-0.3, -0.25) is 14.7 Å². The molecule has 0 radical (unpaired) electrons. The number of carbonyl (C=O) groups is 1. The number of amides is 1. The fourth-order valence-electron chi connectivity index (χ4n) is 4.07. The molecule has 5 nitrogen and oxygen atoms in total. The predicted molar refractivity (Wildman–Crippen MR) is 118 cm³/mol. The number of piperidine rings is 1. The summed E-state index contributed by atoms with van der Waals surface area (Å²) in [6.45, 7) is 10.2. The zero-order valence-electron chi connectivity index (χ0n) is 18.2. The summed E-state index contributed by atoms with van der Waals surface area (Å²) >= 11 is 0. The van der Waals surface area contributed by atoms with E-state index in [0.29, 0.717) is 6.54 Å². The summed E-state index contributed by atoms with van der Waals surface area (Å²) in [7, 11) is 0. The Labute approximate surface area is 175 Å². The molecule has 0 saturated carbocycles. The number of pyridine rings is 1. The molecule has 0 unspecified atom stereocenters. The number of nitrogens with zero attached hydrogens (tertiary/aromatic N) is 3. The molecule has 1 fully saturated rings. The monoisotopic (exact) mass is 397 g/mol. The van der Waals surface area contributed by atoms with Crippen LogP contribution in [-0.2, 0) is 11.2 Å². The van der Waals surface area contributed by atoms with E-state index in [1.165, 1.54) is 18.4 Å². The molecular weight excluding hydrogens is 362 g/mol. The molecule has 0 bridgehead atoms. The van der Waals surface area contributed by atoms with E-state index in [4.69, 9.17) is 4.74 Å². The molecule has 1 aromatic carbocycles. The predicted octanol–water partition coefficient (Wildman–Crippen LogP) is 4.29. The maximum Gasteiger partial charge on any atom is 0.236 e. The van der Waals surface area contributed by atoms with Crippen LogP contribution in [0.4, 0.5) is 0 Å². The van der Waals surface area contributed by atoms with Crippen LogP contribution in [0.3, 0.4) is 0 Å². The van der Waals surface area contributed by atoms with Crippen molar-refractivity contribution in [3.8, 4) is 5.75 Å². The van der Waals surface area contributed by atoms with Gasteiger partial charge >= 0.3 is 0 Å². The topological polar surface area (TPSA) is 45.7 Å². The molecule has 1 aliphatic heterocycles. The first-order chi connectivity index (χ1) is 14.1. The smallest absolute Gasteiger partial charge is 0.236 e. The Morgan fingerprint density at radius 3 is 2.66 bits per heavy atom. The molecular formula is C24H35N3O2. The summed E-state index contributed by atoms with van der Waals surface area (Å²) in [6, 6.07) is 8.53. The van der Waals surface area contributed by atoms with Gasteiger partial charge in [-0.25, -0.2) is 0 Å². The first-order valence-electron chi connectivity index (χ1n) is 11.2. The lowest BCUT2D eigenvalue weighted by atomic mass is 10.0. The second kappa shape index (κ2) is 10.6. The zero-order valence-corrected chi connectivity index (χ0v) is 18.2. The number of rotatable bonds is 9. The minimum atomic E-state index is 0.182. The second-order valence-corrected chi connectivity index (χ2v) is 7.93. The number of likely N-dealkylation sites (N-methyl/N-ethyl adjacent to an activating group) is 1. The number of fused-ring (bicyclic) bond motifs is 1. The molecule has 2 aromatic rings. The number of carbonyl (C=O) groups excluding carboxylic acids is 1. The first-order valence-corrected chi connectivity index (χ1v) is 11.2. The van der Waals surface area contributed by atoms with Gasteiger partial charge in [0.25, 0.3) is 0 Å². The van der Waals surface area contributed by atoms with Crippen molar-refractivity contribution in [3.05, 3.63) is 36.0 Å². The molecule has 0 spiro atoms. The van der Waals surface area contributed by atoms with E-state index < -0.39 is 0 Å². The van der Waals surface area contributed by atoms with Gasteiger partial charge < -0.3 is 9.64 Å².